The van der Waals surface area contributed by atoms with Crippen LogP contribution >= 0.6 is 11.3 Å². The van der Waals surface area contributed by atoms with Gasteiger partial charge in [-0.2, -0.15) is 0 Å². The monoisotopic (exact) mass is 597 g/mol. The number of imidazole rings is 1. The van der Waals surface area contributed by atoms with E-state index < -0.39 is 28.9 Å². The molecule has 12 heteroatoms. The minimum Gasteiger partial charge on any atom is -0.484 e. The van der Waals surface area contributed by atoms with Crippen LogP contribution in [0.4, 0.5) is 0 Å². The molecule has 4 heterocycles. The van der Waals surface area contributed by atoms with E-state index in [-0.39, 0.29) is 11.9 Å². The van der Waals surface area contributed by atoms with Crippen LogP contribution < -0.4 is 16.0 Å². The first-order valence-corrected chi connectivity index (χ1v) is 14.2. The zero-order valence-corrected chi connectivity index (χ0v) is 24.3. The van der Waals surface area contributed by atoms with Gasteiger partial charge in [-0.05, 0) is 56.2 Å². The summed E-state index contributed by atoms with van der Waals surface area (Å²) in [4.78, 5) is 49.5. The maximum absolute atomic E-state index is 14.1. The van der Waals surface area contributed by atoms with Crippen molar-refractivity contribution in [2.45, 2.75) is 39.0 Å². The fourth-order valence-corrected chi connectivity index (χ4v) is 6.19. The minimum atomic E-state index is -1.83. The van der Waals surface area contributed by atoms with Gasteiger partial charge >= 0.3 is 11.7 Å². The lowest BCUT2D eigenvalue weighted by atomic mass is 10.1. The van der Waals surface area contributed by atoms with Crippen molar-refractivity contribution in [3.63, 3.8) is 0 Å². The SMILES string of the molecule is Cc1c(-c2ncco2)sc2c1c(=O)n(C(C)(C)C(=O)O)c(=O)n2CC(Oc1ccc(-n2ccnc2)cc1)c1ccccc1. The molecule has 1 N–H and O–H groups in total. The summed E-state index contributed by atoms with van der Waals surface area (Å²) in [6, 6.07) is 16.8. The maximum Gasteiger partial charge on any atom is 0.333 e. The van der Waals surface area contributed by atoms with Crippen molar-refractivity contribution in [2.75, 3.05) is 0 Å². The molecular weight excluding hydrogens is 570 g/mol. The van der Waals surface area contributed by atoms with Gasteiger partial charge in [-0.15, -0.1) is 11.3 Å². The zero-order chi connectivity index (χ0) is 30.3. The maximum atomic E-state index is 14.1. The lowest BCUT2D eigenvalue weighted by Gasteiger charge is -2.25. The van der Waals surface area contributed by atoms with Gasteiger partial charge in [0.05, 0.1) is 29.3 Å². The number of benzene rings is 2. The number of rotatable bonds is 9. The van der Waals surface area contributed by atoms with Crippen LogP contribution in [0.25, 0.3) is 26.7 Å². The van der Waals surface area contributed by atoms with E-state index in [1.54, 1.807) is 19.4 Å². The first-order valence-electron chi connectivity index (χ1n) is 13.4. The number of thiophene rings is 1. The predicted octanol–water partition coefficient (Wildman–Crippen LogP) is 5.01. The molecule has 0 fully saturated rings. The van der Waals surface area contributed by atoms with Crippen molar-refractivity contribution in [3.05, 3.63) is 118 Å². The second-order valence-corrected chi connectivity index (χ2v) is 11.5. The number of aliphatic carboxylic acids is 1. The Morgan fingerprint density at radius 3 is 2.47 bits per heavy atom. The number of aromatic nitrogens is 5. The number of aryl methyl sites for hydroxylation is 1. The van der Waals surface area contributed by atoms with Gasteiger partial charge < -0.3 is 18.8 Å². The van der Waals surface area contributed by atoms with E-state index in [0.29, 0.717) is 26.9 Å². The van der Waals surface area contributed by atoms with E-state index >= 15 is 0 Å². The van der Waals surface area contributed by atoms with E-state index in [9.17, 15) is 19.5 Å². The summed E-state index contributed by atoms with van der Waals surface area (Å²) >= 11 is 1.19. The third-order valence-corrected chi connectivity index (χ3v) is 8.66. The normalized spacial score (nSPS) is 12.4. The van der Waals surface area contributed by atoms with E-state index in [4.69, 9.17) is 9.15 Å². The Kier molecular flexibility index (Phi) is 7.06. The number of oxazole rings is 1. The van der Waals surface area contributed by atoms with Gasteiger partial charge in [0.25, 0.3) is 5.56 Å². The van der Waals surface area contributed by atoms with Gasteiger partial charge in [-0.1, -0.05) is 30.3 Å². The van der Waals surface area contributed by atoms with Crippen LogP contribution in [0.2, 0.25) is 0 Å². The quantitative estimate of drug-likeness (QED) is 0.246. The third-order valence-electron chi connectivity index (χ3n) is 7.36. The first kappa shape index (κ1) is 27.9. The highest BCUT2D eigenvalue weighted by atomic mass is 32.1. The second-order valence-electron chi connectivity index (χ2n) is 10.5. The average molecular weight is 598 g/mol. The summed E-state index contributed by atoms with van der Waals surface area (Å²) in [5.41, 5.74) is -1.04. The van der Waals surface area contributed by atoms with Gasteiger partial charge in [0, 0.05) is 18.1 Å². The molecular formula is C31H27N5O6S. The average Bonchev–Trinajstić information content (AvgIpc) is 3.78. The Morgan fingerprint density at radius 1 is 1.09 bits per heavy atom. The number of fused-ring (bicyclic) bond motifs is 1. The molecule has 2 aromatic carbocycles. The molecule has 0 amide bonds. The summed E-state index contributed by atoms with van der Waals surface area (Å²) in [6.07, 6.45) is 7.48. The summed E-state index contributed by atoms with van der Waals surface area (Å²) in [7, 11) is 0. The molecule has 218 valence electrons. The van der Waals surface area contributed by atoms with Crippen LogP contribution in [0.15, 0.2) is 99.8 Å². The Morgan fingerprint density at radius 2 is 1.84 bits per heavy atom. The number of hydrogen-bond acceptors (Lipinski definition) is 8. The largest absolute Gasteiger partial charge is 0.484 e. The van der Waals surface area contributed by atoms with Crippen molar-refractivity contribution < 1.29 is 19.1 Å². The van der Waals surface area contributed by atoms with Crippen LogP contribution in [-0.2, 0) is 16.9 Å². The molecule has 11 nitrogen and oxygen atoms in total. The smallest absolute Gasteiger partial charge is 0.333 e. The lowest BCUT2D eigenvalue weighted by Crippen LogP contribution is -2.52. The molecule has 6 rings (SSSR count). The Hall–Kier alpha value is -5.23. The number of ether oxygens (including phenoxy) is 1. The fraction of sp³-hybridized carbons (Fsp3) is 0.194. The van der Waals surface area contributed by atoms with Gasteiger partial charge in [0.1, 0.15) is 28.5 Å². The van der Waals surface area contributed by atoms with Crippen molar-refractivity contribution in [1.29, 1.82) is 0 Å². The van der Waals surface area contributed by atoms with Crippen molar-refractivity contribution in [2.24, 2.45) is 0 Å². The van der Waals surface area contributed by atoms with Crippen LogP contribution in [0.3, 0.4) is 0 Å². The molecule has 4 aromatic heterocycles. The van der Waals surface area contributed by atoms with E-state index in [1.807, 2.05) is 65.4 Å². The molecule has 0 saturated carbocycles. The van der Waals surface area contributed by atoms with Crippen LogP contribution in [0.5, 0.6) is 5.75 Å². The van der Waals surface area contributed by atoms with Crippen LogP contribution in [0.1, 0.15) is 31.1 Å². The predicted molar refractivity (Wildman–Crippen MR) is 161 cm³/mol. The lowest BCUT2D eigenvalue weighted by molar-refractivity contribution is -0.146. The molecule has 1 atom stereocenters. The fourth-order valence-electron chi connectivity index (χ4n) is 4.95. The van der Waals surface area contributed by atoms with Gasteiger partial charge in [0.15, 0.2) is 0 Å². The first-order chi connectivity index (χ1) is 20.7. The molecule has 0 aliphatic heterocycles. The van der Waals surface area contributed by atoms with Crippen molar-refractivity contribution >= 4 is 27.5 Å². The third kappa shape index (κ3) is 4.95. The Balaban J connectivity index is 1.52. The molecule has 0 aliphatic carbocycles. The molecule has 0 aliphatic rings. The van der Waals surface area contributed by atoms with E-state index in [1.165, 1.54) is 42.2 Å². The Bertz CT molecular complexity index is 2020. The van der Waals surface area contributed by atoms with Gasteiger partial charge in [0.2, 0.25) is 5.89 Å². The minimum absolute atomic E-state index is 0.0103. The number of nitrogens with zero attached hydrogens (tertiary/aromatic N) is 5. The summed E-state index contributed by atoms with van der Waals surface area (Å²) in [5.74, 6) is -0.453. The zero-order valence-electron chi connectivity index (χ0n) is 23.5. The molecule has 0 saturated heterocycles. The topological polar surface area (TPSA) is 134 Å². The summed E-state index contributed by atoms with van der Waals surface area (Å²) in [6.45, 7) is 4.39. The van der Waals surface area contributed by atoms with E-state index in [2.05, 4.69) is 9.97 Å². The molecule has 0 bridgehead atoms. The molecule has 0 radical (unpaired) electrons. The number of carbonyl (C=O) groups is 1. The number of carboxylic acid groups (broad SMARTS) is 1. The standard InChI is InChI=1S/C31H27N5O6S/c1-19-24-27(37)36(31(2,3)29(38)39)30(40)35(28(24)43-25(19)26-33-14-16-41-26)17-23(20-7-5-4-6-8-20)42-22-11-9-21(10-12-22)34-15-13-32-18-34/h4-16,18,23H,17H2,1-3H3,(H,38,39). The number of carboxylic acids is 1. The molecule has 0 spiro atoms. The van der Waals surface area contributed by atoms with Gasteiger partial charge in [-0.3, -0.25) is 9.36 Å². The Labute approximate surface area is 248 Å². The van der Waals surface area contributed by atoms with Crippen molar-refractivity contribution in [1.82, 2.24) is 23.7 Å². The number of hydrogen-bond donors (Lipinski definition) is 1. The summed E-state index contributed by atoms with van der Waals surface area (Å²) in [5, 5.41) is 10.2. The van der Waals surface area contributed by atoms with Crippen LogP contribution in [-0.4, -0.2) is 34.7 Å². The summed E-state index contributed by atoms with van der Waals surface area (Å²) < 4.78 is 16.1. The highest BCUT2D eigenvalue weighted by Gasteiger charge is 2.36. The second kappa shape index (κ2) is 10.9. The highest BCUT2D eigenvalue weighted by molar-refractivity contribution is 7.22. The van der Waals surface area contributed by atoms with E-state index in [0.717, 1.165) is 15.8 Å². The van der Waals surface area contributed by atoms with Crippen LogP contribution in [0, 0.1) is 6.92 Å². The highest BCUT2D eigenvalue weighted by Crippen LogP contribution is 2.36. The van der Waals surface area contributed by atoms with Gasteiger partial charge in [-0.25, -0.2) is 24.1 Å². The van der Waals surface area contributed by atoms with Crippen molar-refractivity contribution in [3.8, 4) is 22.2 Å². The molecule has 6 aromatic rings. The molecule has 43 heavy (non-hydrogen) atoms. The molecule has 1 unspecified atom stereocenters.